The minimum absolute atomic E-state index is 0. The van der Waals surface area contributed by atoms with Gasteiger partial charge in [-0.1, -0.05) is 11.8 Å². The van der Waals surface area contributed by atoms with Crippen LogP contribution in [-0.2, 0) is 13.6 Å². The van der Waals surface area contributed by atoms with Crippen LogP contribution in [0.5, 0.6) is 0 Å². The van der Waals surface area contributed by atoms with Crippen LogP contribution in [0, 0.1) is 17.0 Å². The minimum Gasteiger partial charge on any atom is -0.379 e. The van der Waals surface area contributed by atoms with Crippen LogP contribution in [0.4, 0.5) is 8.78 Å². The summed E-state index contributed by atoms with van der Waals surface area (Å²) in [5, 5.41) is 15.3. The third-order valence-electron chi connectivity index (χ3n) is 5.73. The number of hydrogen-bond acceptors (Lipinski definition) is 4. The second-order valence-electron chi connectivity index (χ2n) is 7.94. The number of thioether (sulfide) groups is 1. The van der Waals surface area contributed by atoms with E-state index in [0.717, 1.165) is 17.5 Å². The van der Waals surface area contributed by atoms with Gasteiger partial charge in [0.1, 0.15) is 11.6 Å². The summed E-state index contributed by atoms with van der Waals surface area (Å²) in [5.74, 6) is 0.136. The highest BCUT2D eigenvalue weighted by Gasteiger charge is 2.21. The number of rotatable bonds is 6. The molecule has 35 heavy (non-hydrogen) atoms. The van der Waals surface area contributed by atoms with Crippen molar-refractivity contribution in [2.24, 2.45) is 12.8 Å². The number of hydrogen-bond donors (Lipinski definition) is 3. The van der Waals surface area contributed by atoms with E-state index in [4.69, 9.17) is 11.1 Å². The summed E-state index contributed by atoms with van der Waals surface area (Å²) in [5.41, 5.74) is 7.51. The highest BCUT2D eigenvalue weighted by atomic mass is 79.9. The van der Waals surface area contributed by atoms with Gasteiger partial charge in [-0.05, 0) is 42.8 Å². The molecule has 0 spiro atoms. The molecule has 5 aromatic rings. The summed E-state index contributed by atoms with van der Waals surface area (Å²) in [6, 6.07) is 8.89. The SMILES string of the molecule is Br.Cn1cc(-c2n[nH]c(=O)n2-c2cn(CCCSC(=N)N)c3ccc(F)cc23)c2cc(F)ccc21. The number of aromatic nitrogens is 5. The Kier molecular flexibility index (Phi) is 6.86. The first-order valence-corrected chi connectivity index (χ1v) is 11.5. The van der Waals surface area contributed by atoms with Crippen LogP contribution in [0.3, 0.4) is 0 Å². The Morgan fingerprint density at radius 1 is 1.11 bits per heavy atom. The summed E-state index contributed by atoms with van der Waals surface area (Å²) in [4.78, 5) is 12.9. The molecule has 182 valence electrons. The fraction of sp³-hybridized carbons (Fsp3) is 0.174. The molecule has 3 heterocycles. The molecule has 0 bridgehead atoms. The van der Waals surface area contributed by atoms with Gasteiger partial charge in [0.15, 0.2) is 11.0 Å². The number of nitrogens with one attached hydrogen (secondary N) is 2. The number of fused-ring (bicyclic) bond motifs is 2. The number of aromatic amines is 1. The Bertz CT molecular complexity index is 1620. The van der Waals surface area contributed by atoms with Crippen molar-refractivity contribution in [2.75, 3.05) is 5.75 Å². The lowest BCUT2D eigenvalue weighted by Gasteiger charge is -2.04. The van der Waals surface area contributed by atoms with E-state index in [1.807, 2.05) is 16.2 Å². The van der Waals surface area contributed by atoms with Crippen LogP contribution >= 0.6 is 28.7 Å². The van der Waals surface area contributed by atoms with Gasteiger partial charge in [0.2, 0.25) is 0 Å². The Labute approximate surface area is 213 Å². The molecule has 0 aliphatic rings. The molecule has 5 rings (SSSR count). The molecule has 4 N–H and O–H groups in total. The summed E-state index contributed by atoms with van der Waals surface area (Å²) in [7, 11) is 1.83. The first-order valence-electron chi connectivity index (χ1n) is 10.5. The van der Waals surface area contributed by atoms with E-state index in [0.29, 0.717) is 40.1 Å². The summed E-state index contributed by atoms with van der Waals surface area (Å²) < 4.78 is 33.5. The topological polar surface area (TPSA) is 110 Å². The molecule has 0 atom stereocenters. The zero-order valence-corrected chi connectivity index (χ0v) is 21.1. The molecule has 0 aliphatic carbocycles. The van der Waals surface area contributed by atoms with Crippen molar-refractivity contribution in [3.8, 4) is 17.1 Å². The molecule has 0 unspecified atom stereocenters. The second kappa shape index (κ2) is 9.70. The molecule has 2 aromatic carbocycles. The molecule has 3 aromatic heterocycles. The average molecular weight is 562 g/mol. The van der Waals surface area contributed by atoms with Gasteiger partial charge in [0.25, 0.3) is 0 Å². The maximum Gasteiger partial charge on any atom is 0.348 e. The van der Waals surface area contributed by atoms with Crippen molar-refractivity contribution in [1.82, 2.24) is 23.9 Å². The number of nitrogens with two attached hydrogens (primary N) is 1. The van der Waals surface area contributed by atoms with E-state index >= 15 is 0 Å². The van der Waals surface area contributed by atoms with E-state index in [2.05, 4.69) is 10.2 Å². The van der Waals surface area contributed by atoms with Gasteiger partial charge in [-0.25, -0.2) is 23.2 Å². The lowest BCUT2D eigenvalue weighted by atomic mass is 10.1. The van der Waals surface area contributed by atoms with Crippen LogP contribution < -0.4 is 11.4 Å². The highest BCUT2D eigenvalue weighted by molar-refractivity contribution is 8.93. The van der Waals surface area contributed by atoms with Crippen LogP contribution in [0.1, 0.15) is 6.42 Å². The van der Waals surface area contributed by atoms with Crippen molar-refractivity contribution in [1.29, 1.82) is 5.41 Å². The lowest BCUT2D eigenvalue weighted by Crippen LogP contribution is -2.15. The molecule has 0 aliphatic heterocycles. The van der Waals surface area contributed by atoms with Crippen molar-refractivity contribution in [3.63, 3.8) is 0 Å². The fourth-order valence-electron chi connectivity index (χ4n) is 4.27. The molecular formula is C23H22BrF2N7OS. The van der Waals surface area contributed by atoms with Crippen molar-refractivity contribution in [3.05, 3.63) is 70.9 Å². The summed E-state index contributed by atoms with van der Waals surface area (Å²) >= 11 is 1.25. The molecule has 0 saturated heterocycles. The normalized spacial score (nSPS) is 11.3. The monoisotopic (exact) mass is 561 g/mol. The lowest BCUT2D eigenvalue weighted by molar-refractivity contribution is 0.629. The Morgan fingerprint density at radius 2 is 1.80 bits per heavy atom. The Hall–Kier alpha value is -3.38. The van der Waals surface area contributed by atoms with Crippen molar-refractivity contribution >= 4 is 55.7 Å². The van der Waals surface area contributed by atoms with Gasteiger partial charge < -0.3 is 14.9 Å². The van der Waals surface area contributed by atoms with Crippen molar-refractivity contribution < 1.29 is 8.78 Å². The van der Waals surface area contributed by atoms with E-state index in [-0.39, 0.29) is 22.1 Å². The van der Waals surface area contributed by atoms with Crippen LogP contribution in [-0.4, -0.2) is 34.8 Å². The predicted octanol–water partition coefficient (Wildman–Crippen LogP) is 4.55. The smallest absolute Gasteiger partial charge is 0.348 e. The molecular weight excluding hydrogens is 540 g/mol. The standard InChI is InChI=1S/C23H21F2N7OS.BrH/c1-30-11-17(15-9-13(24)3-5-18(15)30)21-28-29-23(33)32(21)20-12-31(7-2-8-34-22(26)27)19-6-4-14(25)10-16(19)20;/h3-6,9-12H,2,7-8H2,1H3,(H3,26,27)(H,29,33);1H. The maximum atomic E-state index is 14.2. The number of benzene rings is 2. The zero-order chi connectivity index (χ0) is 24.0. The van der Waals surface area contributed by atoms with E-state index in [1.54, 1.807) is 24.5 Å². The third-order valence-corrected chi connectivity index (χ3v) is 6.53. The average Bonchev–Trinajstić information content (AvgIpc) is 3.44. The minimum atomic E-state index is -0.487. The Balaban J connectivity index is 0.00000289. The number of H-pyrrole nitrogens is 1. The van der Waals surface area contributed by atoms with Crippen LogP contribution in [0.2, 0.25) is 0 Å². The number of halogens is 3. The number of nitrogens with zero attached hydrogens (tertiary/aromatic N) is 4. The molecule has 0 radical (unpaired) electrons. The molecule has 8 nitrogen and oxygen atoms in total. The summed E-state index contributed by atoms with van der Waals surface area (Å²) in [6.07, 6.45) is 4.30. The van der Waals surface area contributed by atoms with Gasteiger partial charge in [0.05, 0.1) is 11.2 Å². The van der Waals surface area contributed by atoms with Crippen molar-refractivity contribution in [2.45, 2.75) is 13.0 Å². The van der Waals surface area contributed by atoms with Gasteiger partial charge in [0, 0.05) is 53.6 Å². The fourth-order valence-corrected chi connectivity index (χ4v) is 4.77. The van der Waals surface area contributed by atoms with Gasteiger partial charge in [-0.3, -0.25) is 5.41 Å². The number of amidine groups is 1. The second-order valence-corrected chi connectivity index (χ2v) is 9.08. The van der Waals surface area contributed by atoms with E-state index in [9.17, 15) is 13.6 Å². The predicted molar refractivity (Wildman–Crippen MR) is 141 cm³/mol. The molecule has 0 saturated carbocycles. The third kappa shape index (κ3) is 4.50. The number of aryl methyl sites for hydroxylation is 2. The van der Waals surface area contributed by atoms with Crippen LogP contribution in [0.25, 0.3) is 38.9 Å². The van der Waals surface area contributed by atoms with E-state index < -0.39 is 17.3 Å². The highest BCUT2D eigenvalue weighted by Crippen LogP contribution is 2.33. The maximum absolute atomic E-state index is 14.2. The first-order chi connectivity index (χ1) is 16.3. The van der Waals surface area contributed by atoms with Crippen LogP contribution in [0.15, 0.2) is 53.6 Å². The largest absolute Gasteiger partial charge is 0.379 e. The Morgan fingerprint density at radius 3 is 2.51 bits per heavy atom. The summed E-state index contributed by atoms with van der Waals surface area (Å²) in [6.45, 7) is 0.587. The van der Waals surface area contributed by atoms with E-state index in [1.165, 1.54) is 40.6 Å². The van der Waals surface area contributed by atoms with Gasteiger partial charge in [-0.2, -0.15) is 5.10 Å². The molecule has 0 amide bonds. The first kappa shape index (κ1) is 24.7. The van der Waals surface area contributed by atoms with Gasteiger partial charge >= 0.3 is 5.69 Å². The quantitative estimate of drug-likeness (QED) is 0.160. The molecule has 0 fully saturated rings. The van der Waals surface area contributed by atoms with Gasteiger partial charge in [-0.15, -0.1) is 17.0 Å². The molecule has 12 heteroatoms. The zero-order valence-electron chi connectivity index (χ0n) is 18.6.